The van der Waals surface area contributed by atoms with Gasteiger partial charge in [-0.2, -0.15) is 0 Å². The Bertz CT molecular complexity index is 587. The van der Waals surface area contributed by atoms with E-state index in [4.69, 9.17) is 5.73 Å². The molecule has 0 amide bonds. The van der Waals surface area contributed by atoms with Gasteiger partial charge in [0.25, 0.3) is 0 Å². The smallest absolute Gasteiger partial charge is 0.240 e. The average molecular weight is 311 g/mol. The zero-order chi connectivity index (χ0) is 15.5. The third-order valence-corrected chi connectivity index (χ3v) is 5.60. The molecule has 5 nitrogen and oxygen atoms in total. The molecule has 1 aromatic rings. The number of nitrogen functional groups attached to an aromatic ring is 1. The third-order valence-electron chi connectivity index (χ3n) is 4.05. The van der Waals surface area contributed by atoms with E-state index in [-0.39, 0.29) is 4.90 Å². The van der Waals surface area contributed by atoms with Crippen LogP contribution in [0.25, 0.3) is 0 Å². The van der Waals surface area contributed by atoms with E-state index in [1.54, 1.807) is 25.1 Å². The highest BCUT2D eigenvalue weighted by atomic mass is 32.2. The first-order valence-electron chi connectivity index (χ1n) is 7.65. The Hall–Kier alpha value is -1.27. The summed E-state index contributed by atoms with van der Waals surface area (Å²) in [5, 5.41) is 0. The van der Waals surface area contributed by atoms with Crippen LogP contribution in [0.1, 0.15) is 39.5 Å². The minimum atomic E-state index is -3.44. The van der Waals surface area contributed by atoms with Crippen molar-refractivity contribution in [3.63, 3.8) is 0 Å². The zero-order valence-corrected chi connectivity index (χ0v) is 13.6. The average Bonchev–Trinajstić information content (AvgIpc) is 2.47. The second-order valence-corrected chi connectivity index (χ2v) is 7.24. The van der Waals surface area contributed by atoms with Crippen LogP contribution in [0.4, 0.5) is 11.4 Å². The molecule has 118 valence electrons. The van der Waals surface area contributed by atoms with Gasteiger partial charge in [0.1, 0.15) is 0 Å². The number of nitrogens with two attached hydrogens (primary N) is 1. The molecule has 0 bridgehead atoms. The summed E-state index contributed by atoms with van der Waals surface area (Å²) in [6, 6.07) is 5.42. The van der Waals surface area contributed by atoms with E-state index in [1.165, 1.54) is 6.42 Å². The molecule has 1 aromatic carbocycles. The van der Waals surface area contributed by atoms with Crippen molar-refractivity contribution in [2.45, 2.75) is 50.5 Å². The van der Waals surface area contributed by atoms with Gasteiger partial charge in [-0.15, -0.1) is 0 Å². The van der Waals surface area contributed by atoms with Gasteiger partial charge in [-0.25, -0.2) is 13.1 Å². The van der Waals surface area contributed by atoms with Gasteiger partial charge in [0, 0.05) is 19.1 Å². The number of benzene rings is 1. The Labute approximate surface area is 127 Å². The molecule has 1 aliphatic rings. The van der Waals surface area contributed by atoms with E-state index in [1.807, 2.05) is 0 Å². The fourth-order valence-corrected chi connectivity index (χ4v) is 4.02. The first-order chi connectivity index (χ1) is 9.99. The predicted octanol–water partition coefficient (Wildman–Crippen LogP) is 2.34. The van der Waals surface area contributed by atoms with E-state index >= 15 is 0 Å². The second kappa shape index (κ2) is 6.66. The van der Waals surface area contributed by atoms with Gasteiger partial charge in [-0.05, 0) is 43.9 Å². The summed E-state index contributed by atoms with van der Waals surface area (Å²) in [4.78, 5) is 2.55. The van der Waals surface area contributed by atoms with Crippen LogP contribution in [0, 0.1) is 0 Å². The van der Waals surface area contributed by atoms with E-state index in [0.717, 1.165) is 31.5 Å². The quantitative estimate of drug-likeness (QED) is 0.818. The lowest BCUT2D eigenvalue weighted by Gasteiger charge is -2.38. The van der Waals surface area contributed by atoms with Crippen molar-refractivity contribution in [1.82, 2.24) is 4.72 Å². The molecular formula is C15H25N3O2S. The molecule has 0 aromatic heterocycles. The van der Waals surface area contributed by atoms with Gasteiger partial charge < -0.3 is 10.6 Å². The van der Waals surface area contributed by atoms with E-state index in [0.29, 0.717) is 18.3 Å². The molecule has 2 rings (SSSR count). The van der Waals surface area contributed by atoms with Crippen LogP contribution in [0.15, 0.2) is 23.1 Å². The highest BCUT2D eigenvalue weighted by Gasteiger charge is 2.24. The predicted molar refractivity (Wildman–Crippen MR) is 87.0 cm³/mol. The van der Waals surface area contributed by atoms with Crippen molar-refractivity contribution in [2.24, 2.45) is 0 Å². The summed E-state index contributed by atoms with van der Waals surface area (Å²) in [5.74, 6) is 0. The Morgan fingerprint density at radius 2 is 2.10 bits per heavy atom. The summed E-state index contributed by atoms with van der Waals surface area (Å²) in [6.45, 7) is 5.25. The first kappa shape index (κ1) is 16.1. The second-order valence-electron chi connectivity index (χ2n) is 5.47. The summed E-state index contributed by atoms with van der Waals surface area (Å²) in [5.41, 5.74) is 7.59. The normalized spacial score (nSPS) is 19.7. The van der Waals surface area contributed by atoms with E-state index in [2.05, 4.69) is 16.5 Å². The van der Waals surface area contributed by atoms with Crippen LogP contribution >= 0.6 is 0 Å². The number of nitrogens with one attached hydrogen (secondary N) is 1. The molecule has 3 N–H and O–H groups in total. The monoisotopic (exact) mass is 311 g/mol. The molecule has 21 heavy (non-hydrogen) atoms. The summed E-state index contributed by atoms with van der Waals surface area (Å²) in [7, 11) is -3.44. The van der Waals surface area contributed by atoms with Crippen molar-refractivity contribution in [3.05, 3.63) is 18.2 Å². The van der Waals surface area contributed by atoms with Gasteiger partial charge in [0.05, 0.1) is 16.3 Å². The number of anilines is 2. The number of nitrogens with zero attached hydrogens (tertiary/aromatic N) is 1. The van der Waals surface area contributed by atoms with Crippen molar-refractivity contribution in [1.29, 1.82) is 0 Å². The van der Waals surface area contributed by atoms with Crippen LogP contribution < -0.4 is 15.4 Å². The third kappa shape index (κ3) is 3.49. The minimum absolute atomic E-state index is 0.286. The fraction of sp³-hybridized carbons (Fsp3) is 0.600. The zero-order valence-electron chi connectivity index (χ0n) is 12.8. The van der Waals surface area contributed by atoms with Gasteiger partial charge in [-0.3, -0.25) is 0 Å². The summed E-state index contributed by atoms with van der Waals surface area (Å²) >= 11 is 0. The lowest BCUT2D eigenvalue weighted by Crippen LogP contribution is -2.39. The highest BCUT2D eigenvalue weighted by molar-refractivity contribution is 7.89. The van der Waals surface area contributed by atoms with Crippen LogP contribution in [0.5, 0.6) is 0 Å². The molecule has 1 atom stereocenters. The molecule has 1 unspecified atom stereocenters. The topological polar surface area (TPSA) is 75.4 Å². The SMILES string of the molecule is CCNS(=O)(=O)c1ccc(N)c(N2CCCCC2CC)c1. The maximum absolute atomic E-state index is 12.2. The van der Waals surface area contributed by atoms with Crippen LogP contribution in [-0.4, -0.2) is 27.5 Å². The van der Waals surface area contributed by atoms with Crippen molar-refractivity contribution in [2.75, 3.05) is 23.7 Å². The number of hydrogen-bond acceptors (Lipinski definition) is 4. The lowest BCUT2D eigenvalue weighted by atomic mass is 9.99. The van der Waals surface area contributed by atoms with Crippen molar-refractivity contribution >= 4 is 21.4 Å². The Morgan fingerprint density at radius 3 is 2.76 bits per heavy atom. The fourth-order valence-electron chi connectivity index (χ4n) is 2.95. The molecule has 1 saturated heterocycles. The number of hydrogen-bond donors (Lipinski definition) is 2. The summed E-state index contributed by atoms with van der Waals surface area (Å²) in [6.07, 6.45) is 4.54. The van der Waals surface area contributed by atoms with Gasteiger partial charge in [0.15, 0.2) is 0 Å². The Balaban J connectivity index is 2.39. The van der Waals surface area contributed by atoms with Crippen molar-refractivity contribution in [3.8, 4) is 0 Å². The molecule has 0 spiro atoms. The standard InChI is InChI=1S/C15H25N3O2S/c1-3-12-7-5-6-10-18(12)15-11-13(8-9-14(15)16)21(19,20)17-4-2/h8-9,11-12,17H,3-7,10,16H2,1-2H3. The van der Waals surface area contributed by atoms with Crippen LogP contribution in [0.3, 0.4) is 0 Å². The lowest BCUT2D eigenvalue weighted by molar-refractivity contribution is 0.450. The van der Waals surface area contributed by atoms with Crippen LogP contribution in [-0.2, 0) is 10.0 Å². The van der Waals surface area contributed by atoms with Gasteiger partial charge in [0.2, 0.25) is 10.0 Å². The Kier molecular flexibility index (Phi) is 5.11. The molecule has 1 aliphatic heterocycles. The minimum Gasteiger partial charge on any atom is -0.397 e. The maximum atomic E-state index is 12.2. The first-order valence-corrected chi connectivity index (χ1v) is 9.13. The molecule has 0 saturated carbocycles. The largest absolute Gasteiger partial charge is 0.397 e. The molecule has 0 aliphatic carbocycles. The summed E-state index contributed by atoms with van der Waals surface area (Å²) < 4.78 is 26.8. The number of sulfonamides is 1. The van der Waals surface area contributed by atoms with Gasteiger partial charge >= 0.3 is 0 Å². The number of rotatable bonds is 5. The highest BCUT2D eigenvalue weighted by Crippen LogP contribution is 2.32. The molecular weight excluding hydrogens is 286 g/mol. The molecule has 1 fully saturated rings. The van der Waals surface area contributed by atoms with E-state index in [9.17, 15) is 8.42 Å². The van der Waals surface area contributed by atoms with Crippen molar-refractivity contribution < 1.29 is 8.42 Å². The maximum Gasteiger partial charge on any atom is 0.240 e. The Morgan fingerprint density at radius 1 is 1.33 bits per heavy atom. The van der Waals surface area contributed by atoms with Crippen LogP contribution in [0.2, 0.25) is 0 Å². The molecule has 6 heteroatoms. The number of piperidine rings is 1. The van der Waals surface area contributed by atoms with E-state index < -0.39 is 10.0 Å². The van der Waals surface area contributed by atoms with Gasteiger partial charge in [-0.1, -0.05) is 13.8 Å². The molecule has 0 radical (unpaired) electrons. The molecule has 1 heterocycles.